The van der Waals surface area contributed by atoms with Gasteiger partial charge in [-0.3, -0.25) is 14.4 Å². The van der Waals surface area contributed by atoms with E-state index in [9.17, 15) is 9.59 Å². The van der Waals surface area contributed by atoms with Gasteiger partial charge in [0.05, 0.1) is 12.2 Å². The molecule has 0 N–H and O–H groups in total. The molecule has 7 heteroatoms. The van der Waals surface area contributed by atoms with Gasteiger partial charge >= 0.3 is 6.09 Å². The molecule has 0 saturated carbocycles. The van der Waals surface area contributed by atoms with Gasteiger partial charge < -0.3 is 9.64 Å². The van der Waals surface area contributed by atoms with Crippen molar-refractivity contribution in [1.29, 1.82) is 0 Å². The first kappa shape index (κ1) is 17.0. The quantitative estimate of drug-likeness (QED) is 0.800. The Morgan fingerprint density at radius 2 is 2.12 bits per heavy atom. The molecule has 0 radical (unpaired) electrons. The van der Waals surface area contributed by atoms with Gasteiger partial charge in [-0.2, -0.15) is 5.10 Å². The zero-order chi connectivity index (χ0) is 17.8. The van der Waals surface area contributed by atoms with Crippen LogP contribution >= 0.6 is 0 Å². The highest BCUT2D eigenvalue weighted by atomic mass is 16.6. The van der Waals surface area contributed by atoms with Crippen LogP contribution in [0.1, 0.15) is 17.2 Å². The summed E-state index contributed by atoms with van der Waals surface area (Å²) >= 11 is 0. The summed E-state index contributed by atoms with van der Waals surface area (Å²) in [5.41, 5.74) is 2.05. The van der Waals surface area contributed by atoms with Crippen LogP contribution in [-0.2, 0) is 23.0 Å². The molecule has 0 aliphatic carbocycles. The summed E-state index contributed by atoms with van der Waals surface area (Å²) in [4.78, 5) is 27.7. The third-order valence-electron chi connectivity index (χ3n) is 4.39. The number of ether oxygens (including phenoxy) is 1. The molecule has 1 atom stereocenters. The molecule has 25 heavy (non-hydrogen) atoms. The van der Waals surface area contributed by atoms with Crippen LogP contribution in [-0.4, -0.2) is 58.3 Å². The molecule has 132 valence electrons. The van der Waals surface area contributed by atoms with E-state index in [2.05, 4.69) is 5.10 Å². The van der Waals surface area contributed by atoms with Crippen LogP contribution in [0.25, 0.3) is 0 Å². The monoisotopic (exact) mass is 342 g/mol. The van der Waals surface area contributed by atoms with Crippen molar-refractivity contribution in [3.63, 3.8) is 0 Å². The molecule has 1 fully saturated rings. The minimum Gasteiger partial charge on any atom is -0.447 e. The average molecular weight is 342 g/mol. The third-order valence-corrected chi connectivity index (χ3v) is 4.39. The van der Waals surface area contributed by atoms with Gasteiger partial charge in [-0.25, -0.2) is 4.79 Å². The Balaban J connectivity index is 1.59. The van der Waals surface area contributed by atoms with Crippen molar-refractivity contribution in [1.82, 2.24) is 19.6 Å². The summed E-state index contributed by atoms with van der Waals surface area (Å²) in [6.45, 7) is 0.862. The molecule has 1 aromatic carbocycles. The second-order valence-corrected chi connectivity index (χ2v) is 6.22. The standard InChI is InChI=1S/C18H22N4O3/c1-20(9-8-14-10-19-21(2)11-14)17(23)12-22-16(13-25-18(22)24)15-6-4-3-5-7-15/h3-7,10-11,16H,8-9,12-13H2,1-2H3. The van der Waals surface area contributed by atoms with Crippen LogP contribution in [0.15, 0.2) is 42.7 Å². The Morgan fingerprint density at radius 1 is 1.36 bits per heavy atom. The maximum Gasteiger partial charge on any atom is 0.410 e. The molecular formula is C18H22N4O3. The molecular weight excluding hydrogens is 320 g/mol. The number of hydrogen-bond acceptors (Lipinski definition) is 4. The molecule has 2 heterocycles. The Bertz CT molecular complexity index is 744. The van der Waals surface area contributed by atoms with Crippen LogP contribution in [0.5, 0.6) is 0 Å². The van der Waals surface area contributed by atoms with Gasteiger partial charge in [0.25, 0.3) is 0 Å². The average Bonchev–Trinajstić information content (AvgIpc) is 3.19. The summed E-state index contributed by atoms with van der Waals surface area (Å²) in [6.07, 6.45) is 4.01. The number of aromatic nitrogens is 2. The molecule has 2 amide bonds. The predicted molar refractivity (Wildman–Crippen MR) is 91.8 cm³/mol. The van der Waals surface area contributed by atoms with E-state index in [1.165, 1.54) is 4.90 Å². The number of hydrogen-bond donors (Lipinski definition) is 0. The van der Waals surface area contributed by atoms with Crippen LogP contribution in [0.3, 0.4) is 0 Å². The lowest BCUT2D eigenvalue weighted by Gasteiger charge is -2.24. The van der Waals surface area contributed by atoms with Gasteiger partial charge in [0, 0.05) is 26.8 Å². The Hall–Kier alpha value is -2.83. The molecule has 1 saturated heterocycles. The molecule has 3 rings (SSSR count). The first-order valence-electron chi connectivity index (χ1n) is 8.24. The largest absolute Gasteiger partial charge is 0.447 e. The number of rotatable bonds is 6. The second-order valence-electron chi connectivity index (χ2n) is 6.22. The second kappa shape index (κ2) is 7.38. The fourth-order valence-corrected chi connectivity index (χ4v) is 2.87. The van der Waals surface area contributed by atoms with Crippen molar-refractivity contribution < 1.29 is 14.3 Å². The maximum absolute atomic E-state index is 12.5. The first-order valence-corrected chi connectivity index (χ1v) is 8.24. The van der Waals surface area contributed by atoms with E-state index in [1.807, 2.05) is 43.6 Å². The van der Waals surface area contributed by atoms with E-state index in [1.54, 1.807) is 22.8 Å². The summed E-state index contributed by atoms with van der Waals surface area (Å²) in [5.74, 6) is -0.108. The van der Waals surface area contributed by atoms with Crippen molar-refractivity contribution in [2.24, 2.45) is 7.05 Å². The van der Waals surface area contributed by atoms with E-state index in [0.29, 0.717) is 6.54 Å². The SMILES string of the molecule is CN(CCc1cnn(C)c1)C(=O)CN1C(=O)OCC1c1ccccc1. The number of carbonyl (C=O) groups excluding carboxylic acids is 2. The lowest BCUT2D eigenvalue weighted by molar-refractivity contribution is -0.130. The molecule has 1 aromatic heterocycles. The summed E-state index contributed by atoms with van der Waals surface area (Å²) in [6, 6.07) is 9.41. The lowest BCUT2D eigenvalue weighted by atomic mass is 10.1. The van der Waals surface area contributed by atoms with Crippen molar-refractivity contribution in [2.75, 3.05) is 26.7 Å². The smallest absolute Gasteiger partial charge is 0.410 e. The molecule has 7 nitrogen and oxygen atoms in total. The normalized spacial score (nSPS) is 16.8. The number of nitrogens with zero attached hydrogens (tertiary/aromatic N) is 4. The van der Waals surface area contributed by atoms with Crippen LogP contribution in [0.4, 0.5) is 4.79 Å². The topological polar surface area (TPSA) is 67.7 Å². The number of aryl methyl sites for hydroxylation is 1. The number of cyclic esters (lactones) is 1. The highest BCUT2D eigenvalue weighted by molar-refractivity contribution is 5.83. The molecule has 0 spiro atoms. The predicted octanol–water partition coefficient (Wildman–Crippen LogP) is 1.61. The lowest BCUT2D eigenvalue weighted by Crippen LogP contribution is -2.40. The molecule has 2 aromatic rings. The van der Waals surface area contributed by atoms with Gasteiger partial charge in [-0.15, -0.1) is 0 Å². The van der Waals surface area contributed by atoms with Gasteiger partial charge in [0.15, 0.2) is 0 Å². The van der Waals surface area contributed by atoms with Crippen LogP contribution < -0.4 is 0 Å². The van der Waals surface area contributed by atoms with E-state index in [-0.39, 0.29) is 25.1 Å². The van der Waals surface area contributed by atoms with Crippen molar-refractivity contribution >= 4 is 12.0 Å². The van der Waals surface area contributed by atoms with Crippen molar-refractivity contribution in [2.45, 2.75) is 12.5 Å². The first-order chi connectivity index (χ1) is 12.0. The van der Waals surface area contributed by atoms with Gasteiger partial charge in [-0.05, 0) is 17.5 Å². The molecule has 1 aliphatic rings. The van der Waals surface area contributed by atoms with E-state index >= 15 is 0 Å². The number of likely N-dealkylation sites (N-methyl/N-ethyl adjacent to an activating group) is 1. The number of benzene rings is 1. The summed E-state index contributed by atoms with van der Waals surface area (Å²) < 4.78 is 6.89. The molecule has 1 aliphatic heterocycles. The van der Waals surface area contributed by atoms with E-state index in [0.717, 1.165) is 17.5 Å². The van der Waals surface area contributed by atoms with Crippen LogP contribution in [0, 0.1) is 0 Å². The summed E-state index contributed by atoms with van der Waals surface area (Å²) in [5, 5.41) is 4.12. The molecule has 0 bridgehead atoms. The van der Waals surface area contributed by atoms with E-state index in [4.69, 9.17) is 4.74 Å². The van der Waals surface area contributed by atoms with Gasteiger partial charge in [0.2, 0.25) is 5.91 Å². The zero-order valence-electron chi connectivity index (χ0n) is 14.5. The highest BCUT2D eigenvalue weighted by Crippen LogP contribution is 2.27. The van der Waals surface area contributed by atoms with Crippen molar-refractivity contribution in [3.05, 3.63) is 53.9 Å². The fourth-order valence-electron chi connectivity index (χ4n) is 2.87. The molecule has 1 unspecified atom stereocenters. The highest BCUT2D eigenvalue weighted by Gasteiger charge is 2.35. The third kappa shape index (κ3) is 3.99. The van der Waals surface area contributed by atoms with Crippen LogP contribution in [0.2, 0.25) is 0 Å². The fraction of sp³-hybridized carbons (Fsp3) is 0.389. The Labute approximate surface area is 146 Å². The van der Waals surface area contributed by atoms with Gasteiger partial charge in [-0.1, -0.05) is 30.3 Å². The Kier molecular flexibility index (Phi) is 5.02. The van der Waals surface area contributed by atoms with E-state index < -0.39 is 6.09 Å². The Morgan fingerprint density at radius 3 is 2.80 bits per heavy atom. The minimum absolute atomic E-state index is 0.0158. The zero-order valence-corrected chi connectivity index (χ0v) is 14.5. The van der Waals surface area contributed by atoms with Crippen molar-refractivity contribution in [3.8, 4) is 0 Å². The number of carbonyl (C=O) groups is 2. The summed E-state index contributed by atoms with van der Waals surface area (Å²) in [7, 11) is 3.61. The number of amides is 2. The minimum atomic E-state index is -0.442. The maximum atomic E-state index is 12.5. The van der Waals surface area contributed by atoms with Gasteiger partial charge in [0.1, 0.15) is 13.2 Å².